The van der Waals surface area contributed by atoms with Gasteiger partial charge in [0.1, 0.15) is 0 Å². The van der Waals surface area contributed by atoms with Crippen molar-refractivity contribution >= 4 is 40.1 Å². The number of halogens is 2. The molecule has 0 aliphatic heterocycles. The van der Waals surface area contributed by atoms with Crippen molar-refractivity contribution in [3.05, 3.63) is 98.4 Å². The number of hydrogen-bond acceptors (Lipinski definition) is 1. The van der Waals surface area contributed by atoms with Crippen molar-refractivity contribution in [3.63, 3.8) is 0 Å². The Hall–Kier alpha value is -2.45. The Morgan fingerprint density at radius 1 is 1.00 bits per heavy atom. The molecule has 3 aromatic rings. The minimum atomic E-state index is -0.179. The van der Waals surface area contributed by atoms with Crippen LogP contribution in [0.25, 0.3) is 27.3 Å². The molecule has 2 atom stereocenters. The van der Waals surface area contributed by atoms with Crippen molar-refractivity contribution in [2.24, 2.45) is 11.0 Å². The molecule has 0 unspecified atom stereocenters. The number of hydrogen-bond donors (Lipinski definition) is 0. The summed E-state index contributed by atoms with van der Waals surface area (Å²) in [4.78, 5) is 2.97. The smallest absolute Gasteiger partial charge is 0.0595 e. The van der Waals surface area contributed by atoms with E-state index in [1.165, 1.54) is 10.8 Å². The molecule has 27 heavy (non-hydrogen) atoms. The quantitative estimate of drug-likeness (QED) is 0.233. The highest BCUT2D eigenvalue weighted by atomic mass is 35.5. The average Bonchev–Trinajstić information content (AvgIpc) is 2.68. The van der Waals surface area contributed by atoms with Gasteiger partial charge < -0.3 is 0 Å². The first kappa shape index (κ1) is 19.3. The SMILES string of the molecule is C[C@H](N=[N+]=[N-])[C@H](/C=C/c1ccc2ccccc2c1)Cc1ccc(Cl)c(Cl)c1. The van der Waals surface area contributed by atoms with E-state index in [1.54, 1.807) is 6.07 Å². The van der Waals surface area contributed by atoms with Crippen molar-refractivity contribution in [2.75, 3.05) is 0 Å². The summed E-state index contributed by atoms with van der Waals surface area (Å²) in [6, 6.07) is 20.1. The first-order valence-corrected chi connectivity index (χ1v) is 9.47. The summed E-state index contributed by atoms with van der Waals surface area (Å²) in [7, 11) is 0. The fraction of sp³-hybridized carbons (Fsp3) is 0.182. The highest BCUT2D eigenvalue weighted by Gasteiger charge is 2.14. The lowest BCUT2D eigenvalue weighted by molar-refractivity contribution is 0.532. The van der Waals surface area contributed by atoms with E-state index in [4.69, 9.17) is 28.7 Å². The zero-order chi connectivity index (χ0) is 19.2. The number of azide groups is 1. The van der Waals surface area contributed by atoms with Gasteiger partial charge in [0.05, 0.1) is 10.0 Å². The highest BCUT2D eigenvalue weighted by Crippen LogP contribution is 2.26. The molecule has 5 heteroatoms. The van der Waals surface area contributed by atoms with Crippen LogP contribution in [0.2, 0.25) is 10.0 Å². The molecule has 3 nitrogen and oxygen atoms in total. The molecule has 3 rings (SSSR count). The molecule has 0 heterocycles. The second kappa shape index (κ2) is 8.96. The van der Waals surface area contributed by atoms with Crippen molar-refractivity contribution in [1.82, 2.24) is 0 Å². The zero-order valence-electron chi connectivity index (χ0n) is 14.9. The Balaban J connectivity index is 1.86. The Labute approximate surface area is 168 Å². The second-order valence-corrected chi connectivity index (χ2v) is 7.34. The summed E-state index contributed by atoms with van der Waals surface area (Å²) in [6.45, 7) is 1.92. The predicted molar refractivity (Wildman–Crippen MR) is 115 cm³/mol. The van der Waals surface area contributed by atoms with Gasteiger partial charge in [-0.25, -0.2) is 0 Å². The van der Waals surface area contributed by atoms with Crippen LogP contribution >= 0.6 is 23.2 Å². The van der Waals surface area contributed by atoms with Crippen LogP contribution in [0.15, 0.2) is 71.9 Å². The van der Waals surface area contributed by atoms with Crippen LogP contribution in [0.1, 0.15) is 18.1 Å². The first-order chi connectivity index (χ1) is 13.1. The van der Waals surface area contributed by atoms with E-state index in [9.17, 15) is 0 Å². The van der Waals surface area contributed by atoms with E-state index >= 15 is 0 Å². The monoisotopic (exact) mass is 395 g/mol. The lowest BCUT2D eigenvalue weighted by atomic mass is 9.92. The van der Waals surface area contributed by atoms with E-state index in [0.29, 0.717) is 16.5 Å². The van der Waals surface area contributed by atoms with Crippen LogP contribution in [0, 0.1) is 5.92 Å². The van der Waals surface area contributed by atoms with E-state index in [-0.39, 0.29) is 12.0 Å². The Morgan fingerprint density at radius 2 is 1.78 bits per heavy atom. The summed E-state index contributed by atoms with van der Waals surface area (Å²) in [6.07, 6.45) is 4.89. The van der Waals surface area contributed by atoms with Crippen LogP contribution < -0.4 is 0 Å². The third kappa shape index (κ3) is 5.05. The average molecular weight is 396 g/mol. The summed E-state index contributed by atoms with van der Waals surface area (Å²) in [5, 5.41) is 7.37. The fourth-order valence-electron chi connectivity index (χ4n) is 3.05. The minimum absolute atomic E-state index is 0.0459. The van der Waals surface area contributed by atoms with Crippen molar-refractivity contribution in [1.29, 1.82) is 0 Å². The molecule has 0 amide bonds. The lowest BCUT2D eigenvalue weighted by Gasteiger charge is -2.17. The molecule has 0 aromatic heterocycles. The second-order valence-electron chi connectivity index (χ2n) is 6.53. The maximum atomic E-state index is 8.83. The third-order valence-corrected chi connectivity index (χ3v) is 5.36. The zero-order valence-corrected chi connectivity index (χ0v) is 16.4. The van der Waals surface area contributed by atoms with E-state index in [2.05, 4.69) is 52.5 Å². The Bertz CT molecular complexity index is 1020. The molecule has 0 saturated carbocycles. The lowest BCUT2D eigenvalue weighted by Crippen LogP contribution is -2.15. The standard InChI is InChI=1S/C22H19Cl2N3/c1-15(26-27-25)19(13-17-8-11-21(23)22(24)14-17)10-7-16-6-9-18-4-2-3-5-20(18)12-16/h2-12,14-15,19H,13H2,1H3/b10-7+/t15-,19+/m0/s1. The van der Waals surface area contributed by atoms with Crippen LogP contribution in [0.4, 0.5) is 0 Å². The van der Waals surface area contributed by atoms with Crippen molar-refractivity contribution in [3.8, 4) is 0 Å². The third-order valence-electron chi connectivity index (χ3n) is 4.62. The van der Waals surface area contributed by atoms with Gasteiger partial charge >= 0.3 is 0 Å². The number of benzene rings is 3. The minimum Gasteiger partial charge on any atom is -0.0903 e. The fourth-order valence-corrected chi connectivity index (χ4v) is 3.37. The maximum Gasteiger partial charge on any atom is 0.0595 e. The molecule has 136 valence electrons. The van der Waals surface area contributed by atoms with Gasteiger partial charge in [0, 0.05) is 11.0 Å². The van der Waals surface area contributed by atoms with Crippen LogP contribution in [0.3, 0.4) is 0 Å². The van der Waals surface area contributed by atoms with Gasteiger partial charge in [-0.2, -0.15) is 0 Å². The Morgan fingerprint density at radius 3 is 2.52 bits per heavy atom. The van der Waals surface area contributed by atoms with Crippen molar-refractivity contribution in [2.45, 2.75) is 19.4 Å². The van der Waals surface area contributed by atoms with E-state index in [0.717, 1.165) is 11.1 Å². The molecular formula is C22H19Cl2N3. The van der Waals surface area contributed by atoms with Gasteiger partial charge in [0.2, 0.25) is 0 Å². The predicted octanol–water partition coefficient (Wildman–Crippen LogP) is 7.72. The van der Waals surface area contributed by atoms with E-state index < -0.39 is 0 Å². The molecule has 0 bridgehead atoms. The highest BCUT2D eigenvalue weighted by molar-refractivity contribution is 6.42. The molecule has 0 aliphatic carbocycles. The van der Waals surface area contributed by atoms with Crippen LogP contribution in [-0.4, -0.2) is 6.04 Å². The van der Waals surface area contributed by atoms with Crippen LogP contribution in [0.5, 0.6) is 0 Å². The summed E-state index contributed by atoms with van der Waals surface area (Å²) >= 11 is 12.1. The topological polar surface area (TPSA) is 48.8 Å². The van der Waals surface area contributed by atoms with Gasteiger partial charge in [-0.1, -0.05) is 89.9 Å². The molecule has 0 spiro atoms. The maximum absolute atomic E-state index is 8.83. The number of nitrogens with zero attached hydrogens (tertiary/aromatic N) is 3. The first-order valence-electron chi connectivity index (χ1n) is 8.72. The normalized spacial score (nSPS) is 13.4. The van der Waals surface area contributed by atoms with Gasteiger partial charge in [0.25, 0.3) is 0 Å². The molecular weight excluding hydrogens is 377 g/mol. The molecule has 0 N–H and O–H groups in total. The molecule has 0 aliphatic rings. The van der Waals surface area contributed by atoms with Crippen molar-refractivity contribution < 1.29 is 0 Å². The molecule has 0 saturated heterocycles. The van der Waals surface area contributed by atoms with Gasteiger partial charge in [0.15, 0.2) is 0 Å². The Kier molecular flexibility index (Phi) is 6.41. The van der Waals surface area contributed by atoms with E-state index in [1.807, 2.05) is 31.2 Å². The summed E-state index contributed by atoms with van der Waals surface area (Å²) in [5.41, 5.74) is 11.0. The number of fused-ring (bicyclic) bond motifs is 1. The summed E-state index contributed by atoms with van der Waals surface area (Å²) in [5.74, 6) is 0.0459. The van der Waals surface area contributed by atoms with Crippen LogP contribution in [-0.2, 0) is 6.42 Å². The molecule has 0 fully saturated rings. The summed E-state index contributed by atoms with van der Waals surface area (Å²) < 4.78 is 0. The van der Waals surface area contributed by atoms with Gasteiger partial charge in [-0.15, -0.1) is 0 Å². The molecule has 0 radical (unpaired) electrons. The largest absolute Gasteiger partial charge is 0.0903 e. The number of rotatable bonds is 6. The molecule has 3 aromatic carbocycles. The van der Waals surface area contributed by atoms with Gasteiger partial charge in [-0.3, -0.25) is 0 Å². The van der Waals surface area contributed by atoms with Gasteiger partial charge in [-0.05, 0) is 58.0 Å².